The SMILES string of the molecule is NC(=O)c1ccc(S(=O)(=O)Nc2ccccc2Sc2ccccc2)cc1. The van der Waals surface area contributed by atoms with Crippen LogP contribution >= 0.6 is 11.8 Å². The molecule has 0 fully saturated rings. The highest BCUT2D eigenvalue weighted by Gasteiger charge is 2.16. The zero-order valence-corrected chi connectivity index (χ0v) is 15.3. The maximum absolute atomic E-state index is 12.7. The van der Waals surface area contributed by atoms with Gasteiger partial charge in [0.2, 0.25) is 5.91 Å². The first-order chi connectivity index (χ1) is 12.5. The smallest absolute Gasteiger partial charge is 0.261 e. The molecule has 3 aromatic carbocycles. The molecule has 0 aliphatic carbocycles. The number of para-hydroxylation sites is 1. The quantitative estimate of drug-likeness (QED) is 0.677. The second-order valence-corrected chi connectivity index (χ2v) is 8.20. The number of amides is 1. The van der Waals surface area contributed by atoms with E-state index in [4.69, 9.17) is 5.73 Å². The van der Waals surface area contributed by atoms with Gasteiger partial charge in [-0.2, -0.15) is 0 Å². The number of rotatable bonds is 6. The van der Waals surface area contributed by atoms with Crippen LogP contribution in [-0.4, -0.2) is 14.3 Å². The largest absolute Gasteiger partial charge is 0.366 e. The second-order valence-electron chi connectivity index (χ2n) is 5.41. The molecule has 0 saturated heterocycles. The Balaban J connectivity index is 1.87. The molecule has 0 saturated carbocycles. The molecule has 26 heavy (non-hydrogen) atoms. The monoisotopic (exact) mass is 384 g/mol. The van der Waals surface area contributed by atoms with Crippen molar-refractivity contribution in [3.05, 3.63) is 84.4 Å². The topological polar surface area (TPSA) is 89.3 Å². The first-order valence-electron chi connectivity index (χ1n) is 7.70. The molecule has 1 amide bonds. The molecule has 0 radical (unpaired) electrons. The van der Waals surface area contributed by atoms with Gasteiger partial charge in [-0.15, -0.1) is 0 Å². The Hall–Kier alpha value is -2.77. The van der Waals surface area contributed by atoms with E-state index in [2.05, 4.69) is 4.72 Å². The minimum atomic E-state index is -3.79. The van der Waals surface area contributed by atoms with E-state index in [9.17, 15) is 13.2 Å². The summed E-state index contributed by atoms with van der Waals surface area (Å²) < 4.78 is 27.9. The fourth-order valence-electron chi connectivity index (χ4n) is 2.26. The van der Waals surface area contributed by atoms with Gasteiger partial charge in [-0.1, -0.05) is 42.1 Å². The molecule has 0 heterocycles. The number of hydrogen-bond acceptors (Lipinski definition) is 4. The van der Waals surface area contributed by atoms with Gasteiger partial charge < -0.3 is 5.73 Å². The van der Waals surface area contributed by atoms with Crippen LogP contribution in [0, 0.1) is 0 Å². The van der Waals surface area contributed by atoms with Crippen molar-refractivity contribution in [2.75, 3.05) is 4.72 Å². The number of benzene rings is 3. The Bertz CT molecular complexity index is 1020. The number of nitrogens with one attached hydrogen (secondary N) is 1. The van der Waals surface area contributed by atoms with Crippen LogP contribution in [0.4, 0.5) is 5.69 Å². The normalized spacial score (nSPS) is 11.1. The summed E-state index contributed by atoms with van der Waals surface area (Å²) >= 11 is 1.47. The summed E-state index contributed by atoms with van der Waals surface area (Å²) in [7, 11) is -3.79. The summed E-state index contributed by atoms with van der Waals surface area (Å²) in [6.07, 6.45) is 0. The van der Waals surface area contributed by atoms with Crippen LogP contribution in [0.5, 0.6) is 0 Å². The molecule has 0 unspecified atom stereocenters. The molecule has 5 nitrogen and oxygen atoms in total. The molecular weight excluding hydrogens is 368 g/mol. The van der Waals surface area contributed by atoms with E-state index < -0.39 is 15.9 Å². The lowest BCUT2D eigenvalue weighted by Crippen LogP contribution is -2.15. The zero-order chi connectivity index (χ0) is 18.6. The van der Waals surface area contributed by atoms with Crippen LogP contribution in [0.1, 0.15) is 10.4 Å². The van der Waals surface area contributed by atoms with E-state index in [1.165, 1.54) is 36.0 Å². The molecule has 0 aromatic heterocycles. The van der Waals surface area contributed by atoms with E-state index in [1.54, 1.807) is 12.1 Å². The lowest BCUT2D eigenvalue weighted by Gasteiger charge is -2.12. The minimum absolute atomic E-state index is 0.0574. The van der Waals surface area contributed by atoms with Gasteiger partial charge in [-0.25, -0.2) is 8.42 Å². The molecule has 132 valence electrons. The molecule has 3 aromatic rings. The van der Waals surface area contributed by atoms with Crippen molar-refractivity contribution < 1.29 is 13.2 Å². The third-order valence-electron chi connectivity index (χ3n) is 3.55. The fourth-order valence-corrected chi connectivity index (χ4v) is 4.32. The van der Waals surface area contributed by atoms with Crippen molar-refractivity contribution in [3.8, 4) is 0 Å². The van der Waals surface area contributed by atoms with Gasteiger partial charge in [-0.05, 0) is 48.5 Å². The lowest BCUT2D eigenvalue weighted by atomic mass is 10.2. The average molecular weight is 384 g/mol. The molecule has 0 aliphatic rings. The summed E-state index contributed by atoms with van der Waals surface area (Å²) in [5, 5.41) is 0. The van der Waals surface area contributed by atoms with Gasteiger partial charge in [0.05, 0.1) is 10.6 Å². The number of sulfonamides is 1. The predicted molar refractivity (Wildman–Crippen MR) is 103 cm³/mol. The second kappa shape index (κ2) is 7.63. The molecular formula is C19H16N2O3S2. The third kappa shape index (κ3) is 4.25. The first-order valence-corrected chi connectivity index (χ1v) is 10.0. The molecule has 7 heteroatoms. The van der Waals surface area contributed by atoms with E-state index >= 15 is 0 Å². The highest BCUT2D eigenvalue weighted by atomic mass is 32.2. The highest BCUT2D eigenvalue weighted by molar-refractivity contribution is 7.99. The molecule has 0 aliphatic heterocycles. The summed E-state index contributed by atoms with van der Waals surface area (Å²) in [5.41, 5.74) is 5.92. The van der Waals surface area contributed by atoms with Crippen molar-refractivity contribution in [2.45, 2.75) is 14.7 Å². The number of nitrogens with two attached hydrogens (primary N) is 1. The van der Waals surface area contributed by atoms with Crippen molar-refractivity contribution in [1.29, 1.82) is 0 Å². The number of carbonyl (C=O) groups is 1. The molecule has 0 spiro atoms. The highest BCUT2D eigenvalue weighted by Crippen LogP contribution is 2.34. The number of carbonyl (C=O) groups excluding carboxylic acids is 1. The van der Waals surface area contributed by atoms with Gasteiger partial charge in [0.25, 0.3) is 10.0 Å². The third-order valence-corrected chi connectivity index (χ3v) is 6.02. The Morgan fingerprint density at radius 3 is 2.12 bits per heavy atom. The standard InChI is InChI=1S/C19H16N2O3S2/c20-19(22)14-10-12-16(13-11-14)26(23,24)21-17-8-4-5-9-18(17)25-15-6-2-1-3-7-15/h1-13,21H,(H2,20,22). The van der Waals surface area contributed by atoms with Crippen LogP contribution < -0.4 is 10.5 Å². The van der Waals surface area contributed by atoms with Crippen molar-refractivity contribution in [2.24, 2.45) is 5.73 Å². The minimum Gasteiger partial charge on any atom is -0.366 e. The average Bonchev–Trinajstić information content (AvgIpc) is 2.64. The van der Waals surface area contributed by atoms with Crippen LogP contribution in [0.25, 0.3) is 0 Å². The Morgan fingerprint density at radius 2 is 1.46 bits per heavy atom. The molecule has 3 N–H and O–H groups in total. The van der Waals surface area contributed by atoms with Crippen LogP contribution in [0.15, 0.2) is 93.5 Å². The summed E-state index contributed by atoms with van der Waals surface area (Å²) in [6.45, 7) is 0. The molecule has 3 rings (SSSR count). The Morgan fingerprint density at radius 1 is 0.846 bits per heavy atom. The van der Waals surface area contributed by atoms with E-state index in [0.29, 0.717) is 5.69 Å². The van der Waals surface area contributed by atoms with Crippen LogP contribution in [-0.2, 0) is 10.0 Å². The maximum atomic E-state index is 12.7. The number of anilines is 1. The Labute approximate surface area is 156 Å². The number of hydrogen-bond donors (Lipinski definition) is 2. The number of primary amides is 1. The van der Waals surface area contributed by atoms with Crippen LogP contribution in [0.2, 0.25) is 0 Å². The fraction of sp³-hybridized carbons (Fsp3) is 0. The zero-order valence-electron chi connectivity index (χ0n) is 13.6. The van der Waals surface area contributed by atoms with Gasteiger partial charge in [0, 0.05) is 15.4 Å². The van der Waals surface area contributed by atoms with Gasteiger partial charge in [0.1, 0.15) is 0 Å². The summed E-state index contributed by atoms with van der Waals surface area (Å²) in [5.74, 6) is -0.605. The van der Waals surface area contributed by atoms with E-state index in [1.807, 2.05) is 42.5 Å². The van der Waals surface area contributed by atoms with Gasteiger partial charge >= 0.3 is 0 Å². The summed E-state index contributed by atoms with van der Waals surface area (Å²) in [4.78, 5) is 13.0. The summed E-state index contributed by atoms with van der Waals surface area (Å²) in [6, 6.07) is 22.4. The van der Waals surface area contributed by atoms with Crippen molar-refractivity contribution >= 4 is 33.4 Å². The predicted octanol–water partition coefficient (Wildman–Crippen LogP) is 3.74. The lowest BCUT2D eigenvalue weighted by molar-refractivity contribution is 0.1000. The first kappa shape index (κ1) is 18.0. The van der Waals surface area contributed by atoms with Crippen LogP contribution in [0.3, 0.4) is 0 Å². The van der Waals surface area contributed by atoms with Gasteiger partial charge in [-0.3, -0.25) is 9.52 Å². The van der Waals surface area contributed by atoms with E-state index in [0.717, 1.165) is 9.79 Å². The Kier molecular flexibility index (Phi) is 5.29. The van der Waals surface area contributed by atoms with E-state index in [-0.39, 0.29) is 10.5 Å². The van der Waals surface area contributed by atoms with Crippen molar-refractivity contribution in [3.63, 3.8) is 0 Å². The molecule has 0 bridgehead atoms. The van der Waals surface area contributed by atoms with Gasteiger partial charge in [0.15, 0.2) is 0 Å². The molecule has 0 atom stereocenters. The maximum Gasteiger partial charge on any atom is 0.261 e. The van der Waals surface area contributed by atoms with Crippen molar-refractivity contribution in [1.82, 2.24) is 0 Å².